The molecule has 2 fully saturated rings. The maximum absolute atomic E-state index is 10.9. The van der Waals surface area contributed by atoms with Crippen molar-refractivity contribution in [3.63, 3.8) is 0 Å². The Bertz CT molecular complexity index is 237. The second-order valence-corrected chi connectivity index (χ2v) is 6.44. The van der Waals surface area contributed by atoms with Gasteiger partial charge in [-0.05, 0) is 51.1 Å². The quantitative estimate of drug-likeness (QED) is 0.782. The molecule has 0 radical (unpaired) electrons. The summed E-state index contributed by atoms with van der Waals surface area (Å²) in [5, 5.41) is 10.9. The van der Waals surface area contributed by atoms with Crippen molar-refractivity contribution in [2.75, 3.05) is 13.1 Å². The van der Waals surface area contributed by atoms with Gasteiger partial charge >= 0.3 is 0 Å². The number of aliphatic hydroxyl groups is 1. The summed E-state index contributed by atoms with van der Waals surface area (Å²) < 4.78 is 0. The van der Waals surface area contributed by atoms with Gasteiger partial charge in [0.15, 0.2) is 0 Å². The molecule has 1 aliphatic carbocycles. The number of nitrogens with zero attached hydrogens (tertiary/aromatic N) is 1. The van der Waals surface area contributed by atoms with E-state index in [1.807, 2.05) is 0 Å². The fourth-order valence-corrected chi connectivity index (χ4v) is 4.17. The topological polar surface area (TPSA) is 23.5 Å². The van der Waals surface area contributed by atoms with Gasteiger partial charge in [0.1, 0.15) is 0 Å². The Labute approximate surface area is 113 Å². The molecule has 2 heteroatoms. The summed E-state index contributed by atoms with van der Waals surface area (Å²) in [7, 11) is 0. The van der Waals surface area contributed by atoms with Crippen molar-refractivity contribution >= 4 is 0 Å². The van der Waals surface area contributed by atoms with Crippen LogP contribution in [0.4, 0.5) is 0 Å². The van der Waals surface area contributed by atoms with Crippen molar-refractivity contribution in [3.05, 3.63) is 0 Å². The SMILES string of the molecule is CCC(CC)CC(O)C1(N2CCCC2)CCCC1. The second kappa shape index (κ2) is 6.38. The molecular weight excluding hydrogens is 222 g/mol. The van der Waals surface area contributed by atoms with Gasteiger partial charge < -0.3 is 5.11 Å². The van der Waals surface area contributed by atoms with E-state index >= 15 is 0 Å². The van der Waals surface area contributed by atoms with Crippen molar-refractivity contribution < 1.29 is 5.11 Å². The van der Waals surface area contributed by atoms with Crippen molar-refractivity contribution in [2.24, 2.45) is 5.92 Å². The minimum atomic E-state index is -0.0944. The first kappa shape index (κ1) is 14.3. The Hall–Kier alpha value is -0.0800. The van der Waals surface area contributed by atoms with Crippen molar-refractivity contribution in [1.82, 2.24) is 4.90 Å². The molecule has 1 aliphatic heterocycles. The Morgan fingerprint density at radius 3 is 2.06 bits per heavy atom. The van der Waals surface area contributed by atoms with E-state index in [1.54, 1.807) is 0 Å². The minimum absolute atomic E-state index is 0.0944. The summed E-state index contributed by atoms with van der Waals surface area (Å²) in [5.41, 5.74) is 0.152. The predicted octanol–water partition coefficient (Wildman–Crippen LogP) is 3.58. The molecule has 2 rings (SSSR count). The lowest BCUT2D eigenvalue weighted by molar-refractivity contribution is -0.0306. The highest BCUT2D eigenvalue weighted by atomic mass is 16.3. The normalized spacial score (nSPS) is 26.0. The van der Waals surface area contributed by atoms with Gasteiger partial charge in [-0.3, -0.25) is 4.90 Å². The molecule has 1 heterocycles. The average Bonchev–Trinajstić information content (AvgIpc) is 3.05. The fourth-order valence-electron chi connectivity index (χ4n) is 4.17. The number of hydrogen-bond donors (Lipinski definition) is 1. The predicted molar refractivity (Wildman–Crippen MR) is 76.7 cm³/mol. The lowest BCUT2D eigenvalue weighted by atomic mass is 9.82. The van der Waals surface area contributed by atoms with Gasteiger partial charge in [-0.25, -0.2) is 0 Å². The van der Waals surface area contributed by atoms with Crippen LogP contribution in [0.25, 0.3) is 0 Å². The first-order chi connectivity index (χ1) is 8.73. The molecule has 18 heavy (non-hydrogen) atoms. The molecule has 2 nitrogen and oxygen atoms in total. The maximum Gasteiger partial charge on any atom is 0.0726 e. The van der Waals surface area contributed by atoms with Crippen molar-refractivity contribution in [3.8, 4) is 0 Å². The molecule has 0 bridgehead atoms. The van der Waals surface area contributed by atoms with E-state index in [0.717, 1.165) is 6.42 Å². The van der Waals surface area contributed by atoms with Crippen molar-refractivity contribution in [2.45, 2.75) is 83.3 Å². The molecule has 0 amide bonds. The van der Waals surface area contributed by atoms with E-state index in [2.05, 4.69) is 18.7 Å². The fraction of sp³-hybridized carbons (Fsp3) is 1.00. The number of likely N-dealkylation sites (tertiary alicyclic amines) is 1. The van der Waals surface area contributed by atoms with Crippen LogP contribution in [0.1, 0.15) is 71.6 Å². The molecular formula is C16H31NO. The van der Waals surface area contributed by atoms with Crippen LogP contribution in [0.2, 0.25) is 0 Å². The number of aliphatic hydroxyl groups excluding tert-OH is 1. The van der Waals surface area contributed by atoms with E-state index in [4.69, 9.17) is 0 Å². The first-order valence-electron chi connectivity index (χ1n) is 8.16. The number of rotatable bonds is 6. The first-order valence-corrected chi connectivity index (χ1v) is 8.16. The van der Waals surface area contributed by atoms with Crippen molar-refractivity contribution in [1.29, 1.82) is 0 Å². The van der Waals surface area contributed by atoms with Crippen LogP contribution in [0.15, 0.2) is 0 Å². The molecule has 106 valence electrons. The monoisotopic (exact) mass is 253 g/mol. The smallest absolute Gasteiger partial charge is 0.0726 e. The van der Waals surface area contributed by atoms with Gasteiger partial charge in [0.2, 0.25) is 0 Å². The average molecular weight is 253 g/mol. The molecule has 1 saturated carbocycles. The summed E-state index contributed by atoms with van der Waals surface area (Å²) in [6.07, 6.45) is 11.1. The minimum Gasteiger partial charge on any atom is -0.391 e. The zero-order chi connectivity index (χ0) is 13.0. The largest absolute Gasteiger partial charge is 0.391 e. The Balaban J connectivity index is 2.04. The summed E-state index contributed by atoms with van der Waals surface area (Å²) in [5.74, 6) is 0.708. The Kier molecular flexibility index (Phi) is 5.08. The molecule has 0 spiro atoms. The molecule has 1 N–H and O–H groups in total. The highest BCUT2D eigenvalue weighted by Crippen LogP contribution is 2.42. The van der Waals surface area contributed by atoms with Gasteiger partial charge in [0.25, 0.3) is 0 Å². The summed E-state index contributed by atoms with van der Waals surface area (Å²) in [6, 6.07) is 0. The van der Waals surface area contributed by atoms with Gasteiger partial charge in [0.05, 0.1) is 6.10 Å². The molecule has 2 aliphatic rings. The highest BCUT2D eigenvalue weighted by Gasteiger charge is 2.46. The summed E-state index contributed by atoms with van der Waals surface area (Å²) >= 11 is 0. The third-order valence-electron chi connectivity index (χ3n) is 5.54. The number of hydrogen-bond acceptors (Lipinski definition) is 2. The summed E-state index contributed by atoms with van der Waals surface area (Å²) in [6.45, 7) is 6.97. The zero-order valence-electron chi connectivity index (χ0n) is 12.3. The van der Waals surface area contributed by atoms with E-state index in [0.29, 0.717) is 5.92 Å². The van der Waals surface area contributed by atoms with Crippen LogP contribution in [0.3, 0.4) is 0 Å². The standard InChI is InChI=1S/C16H31NO/c1-3-14(4-2)13-15(18)16(9-5-6-10-16)17-11-7-8-12-17/h14-15,18H,3-13H2,1-2H3. The second-order valence-electron chi connectivity index (χ2n) is 6.44. The van der Waals surface area contributed by atoms with Crippen LogP contribution in [-0.2, 0) is 0 Å². The van der Waals surface area contributed by atoms with Crippen LogP contribution in [-0.4, -0.2) is 34.7 Å². The van der Waals surface area contributed by atoms with Gasteiger partial charge in [0, 0.05) is 5.54 Å². The van der Waals surface area contributed by atoms with Crippen LogP contribution in [0.5, 0.6) is 0 Å². The van der Waals surface area contributed by atoms with Gasteiger partial charge in [-0.1, -0.05) is 39.5 Å². The van der Waals surface area contributed by atoms with E-state index < -0.39 is 0 Å². The molecule has 0 aromatic rings. The maximum atomic E-state index is 10.9. The lowest BCUT2D eigenvalue weighted by Crippen LogP contribution is -2.54. The molecule has 1 saturated heterocycles. The molecule has 0 aromatic carbocycles. The molecule has 1 atom stereocenters. The van der Waals surface area contributed by atoms with Crippen LogP contribution in [0, 0.1) is 5.92 Å². The van der Waals surface area contributed by atoms with E-state index in [-0.39, 0.29) is 11.6 Å². The summed E-state index contributed by atoms with van der Waals surface area (Å²) in [4.78, 5) is 2.63. The Morgan fingerprint density at radius 2 is 1.56 bits per heavy atom. The van der Waals surface area contributed by atoms with Crippen LogP contribution < -0.4 is 0 Å². The van der Waals surface area contributed by atoms with E-state index in [1.165, 1.54) is 64.5 Å². The van der Waals surface area contributed by atoms with Gasteiger partial charge in [-0.2, -0.15) is 0 Å². The highest BCUT2D eigenvalue weighted by molar-refractivity contribution is 5.02. The zero-order valence-corrected chi connectivity index (χ0v) is 12.3. The third-order valence-corrected chi connectivity index (χ3v) is 5.54. The molecule has 1 unspecified atom stereocenters. The molecule has 0 aromatic heterocycles. The van der Waals surface area contributed by atoms with E-state index in [9.17, 15) is 5.11 Å². The third kappa shape index (κ3) is 2.75. The van der Waals surface area contributed by atoms with Crippen LogP contribution >= 0.6 is 0 Å². The lowest BCUT2D eigenvalue weighted by Gasteiger charge is -2.43. The van der Waals surface area contributed by atoms with Gasteiger partial charge in [-0.15, -0.1) is 0 Å². The Morgan fingerprint density at radius 1 is 1.00 bits per heavy atom.